The van der Waals surface area contributed by atoms with Gasteiger partial charge in [-0.3, -0.25) is 0 Å². The highest BCUT2D eigenvalue weighted by atomic mass is 19.4. The SMILES string of the molecule is NCC#Cc1ccc(OC(F)(F)F)c(N)c1. The monoisotopic (exact) mass is 230 g/mol. The maximum Gasteiger partial charge on any atom is 0.573 e. The van der Waals surface area contributed by atoms with Crippen LogP contribution in [0.15, 0.2) is 18.2 Å². The number of nitrogens with two attached hydrogens (primary N) is 2. The Labute approximate surface area is 90.2 Å². The third kappa shape index (κ3) is 3.71. The molecule has 0 amide bonds. The topological polar surface area (TPSA) is 61.3 Å². The van der Waals surface area contributed by atoms with Crippen molar-refractivity contribution in [2.45, 2.75) is 6.36 Å². The molecule has 0 spiro atoms. The predicted molar refractivity (Wildman–Crippen MR) is 53.5 cm³/mol. The molecule has 3 nitrogen and oxygen atoms in total. The van der Waals surface area contributed by atoms with Crippen LogP contribution in [0.2, 0.25) is 0 Å². The minimum Gasteiger partial charge on any atom is -0.404 e. The molecule has 0 aliphatic rings. The van der Waals surface area contributed by atoms with Gasteiger partial charge in [0.05, 0.1) is 12.2 Å². The Bertz CT molecular complexity index is 432. The molecular weight excluding hydrogens is 221 g/mol. The summed E-state index contributed by atoms with van der Waals surface area (Å²) in [5.41, 5.74) is 10.9. The van der Waals surface area contributed by atoms with Crippen LogP contribution in [0.25, 0.3) is 0 Å². The first-order chi connectivity index (χ1) is 7.42. The van der Waals surface area contributed by atoms with Gasteiger partial charge in [0.15, 0.2) is 5.75 Å². The summed E-state index contributed by atoms with van der Waals surface area (Å²) < 4.78 is 39.4. The fourth-order valence-corrected chi connectivity index (χ4v) is 0.997. The van der Waals surface area contributed by atoms with Gasteiger partial charge in [-0.2, -0.15) is 0 Å². The van der Waals surface area contributed by atoms with E-state index in [2.05, 4.69) is 16.6 Å². The van der Waals surface area contributed by atoms with Crippen molar-refractivity contribution in [1.29, 1.82) is 0 Å². The molecule has 0 radical (unpaired) electrons. The van der Waals surface area contributed by atoms with Gasteiger partial charge in [-0.1, -0.05) is 11.8 Å². The Hall–Kier alpha value is -1.87. The zero-order chi connectivity index (χ0) is 12.2. The molecule has 0 aliphatic heterocycles. The van der Waals surface area contributed by atoms with E-state index < -0.39 is 12.1 Å². The molecule has 0 unspecified atom stereocenters. The van der Waals surface area contributed by atoms with Crippen LogP contribution >= 0.6 is 0 Å². The fraction of sp³-hybridized carbons (Fsp3) is 0.200. The van der Waals surface area contributed by atoms with Crippen molar-refractivity contribution in [3.8, 4) is 17.6 Å². The van der Waals surface area contributed by atoms with Crippen LogP contribution in [0.1, 0.15) is 5.56 Å². The zero-order valence-corrected chi connectivity index (χ0v) is 8.14. The highest BCUT2D eigenvalue weighted by Crippen LogP contribution is 2.28. The van der Waals surface area contributed by atoms with E-state index in [4.69, 9.17) is 11.5 Å². The summed E-state index contributed by atoms with van der Waals surface area (Å²) in [5.74, 6) is 4.76. The summed E-state index contributed by atoms with van der Waals surface area (Å²) in [5, 5.41) is 0. The molecule has 1 rings (SSSR count). The van der Waals surface area contributed by atoms with Gasteiger partial charge >= 0.3 is 6.36 Å². The van der Waals surface area contributed by atoms with Crippen LogP contribution in [0.4, 0.5) is 18.9 Å². The lowest BCUT2D eigenvalue weighted by Crippen LogP contribution is -2.18. The van der Waals surface area contributed by atoms with Gasteiger partial charge in [-0.25, -0.2) is 0 Å². The second-order valence-electron chi connectivity index (χ2n) is 2.81. The molecular formula is C10H9F3N2O. The molecule has 4 N–H and O–H groups in total. The normalized spacial score (nSPS) is 10.5. The van der Waals surface area contributed by atoms with E-state index in [1.165, 1.54) is 12.1 Å². The van der Waals surface area contributed by atoms with Gasteiger partial charge in [0, 0.05) is 5.56 Å². The van der Waals surface area contributed by atoms with Crippen molar-refractivity contribution in [3.63, 3.8) is 0 Å². The lowest BCUT2D eigenvalue weighted by molar-refractivity contribution is -0.274. The van der Waals surface area contributed by atoms with Gasteiger partial charge in [-0.05, 0) is 18.2 Å². The molecule has 0 atom stereocenters. The molecule has 1 aromatic rings. The van der Waals surface area contributed by atoms with Crippen molar-refractivity contribution in [3.05, 3.63) is 23.8 Å². The van der Waals surface area contributed by atoms with Gasteiger partial charge < -0.3 is 16.2 Å². The molecule has 0 saturated heterocycles. The number of benzene rings is 1. The van der Waals surface area contributed by atoms with Crippen LogP contribution in [0, 0.1) is 11.8 Å². The summed E-state index contributed by atoms with van der Waals surface area (Å²) in [6.45, 7) is 0.167. The highest BCUT2D eigenvalue weighted by Gasteiger charge is 2.31. The molecule has 16 heavy (non-hydrogen) atoms. The van der Waals surface area contributed by atoms with E-state index in [1.807, 2.05) is 0 Å². The number of nitrogen functional groups attached to an aromatic ring is 1. The van der Waals surface area contributed by atoms with Crippen molar-refractivity contribution in [1.82, 2.24) is 0 Å². The van der Waals surface area contributed by atoms with Gasteiger partial charge in [0.25, 0.3) is 0 Å². The third-order valence-corrected chi connectivity index (χ3v) is 1.57. The maximum absolute atomic E-state index is 11.9. The average molecular weight is 230 g/mol. The summed E-state index contributed by atoms with van der Waals surface area (Å²) >= 11 is 0. The van der Waals surface area contributed by atoms with Crippen molar-refractivity contribution < 1.29 is 17.9 Å². The van der Waals surface area contributed by atoms with Gasteiger partial charge in [0.2, 0.25) is 0 Å². The molecule has 0 saturated carbocycles. The van der Waals surface area contributed by atoms with Gasteiger partial charge in [-0.15, -0.1) is 13.2 Å². The van der Waals surface area contributed by atoms with Crippen molar-refractivity contribution >= 4 is 5.69 Å². The second kappa shape index (κ2) is 4.77. The number of halogens is 3. The summed E-state index contributed by atoms with van der Waals surface area (Å²) in [4.78, 5) is 0. The smallest absolute Gasteiger partial charge is 0.404 e. The van der Waals surface area contributed by atoms with Crippen LogP contribution in [0.3, 0.4) is 0 Å². The number of hydrogen-bond acceptors (Lipinski definition) is 3. The van der Waals surface area contributed by atoms with Crippen LogP contribution in [0.5, 0.6) is 5.75 Å². The number of anilines is 1. The van der Waals surface area contributed by atoms with E-state index in [0.29, 0.717) is 5.56 Å². The minimum absolute atomic E-state index is 0.124. The Balaban J connectivity index is 2.92. The second-order valence-corrected chi connectivity index (χ2v) is 2.81. The fourth-order valence-electron chi connectivity index (χ4n) is 0.997. The molecule has 0 aromatic heterocycles. The molecule has 1 aromatic carbocycles. The number of rotatable bonds is 1. The first-order valence-corrected chi connectivity index (χ1v) is 4.26. The standard InChI is InChI=1S/C10H9F3N2O/c11-10(12,13)16-9-4-3-7(2-1-5-14)6-8(9)15/h3-4,6H,5,14-15H2. The van der Waals surface area contributed by atoms with E-state index >= 15 is 0 Å². The summed E-state index contributed by atoms with van der Waals surface area (Å²) in [6, 6.07) is 3.78. The van der Waals surface area contributed by atoms with E-state index in [9.17, 15) is 13.2 Å². The quantitative estimate of drug-likeness (QED) is 0.567. The van der Waals surface area contributed by atoms with Gasteiger partial charge in [0.1, 0.15) is 0 Å². The van der Waals surface area contributed by atoms with E-state index in [1.54, 1.807) is 0 Å². The first-order valence-electron chi connectivity index (χ1n) is 4.26. The maximum atomic E-state index is 11.9. The zero-order valence-electron chi connectivity index (χ0n) is 8.14. The Morgan fingerprint density at radius 2 is 2.00 bits per heavy atom. The third-order valence-electron chi connectivity index (χ3n) is 1.57. The molecule has 0 fully saturated rings. The predicted octanol–water partition coefficient (Wildman–Crippen LogP) is 1.48. The van der Waals surface area contributed by atoms with Crippen LogP contribution in [-0.2, 0) is 0 Å². The molecule has 0 heterocycles. The summed E-state index contributed by atoms with van der Waals surface area (Å²) in [7, 11) is 0. The lowest BCUT2D eigenvalue weighted by Gasteiger charge is -2.10. The number of ether oxygens (including phenoxy) is 1. The Morgan fingerprint density at radius 1 is 1.31 bits per heavy atom. The number of hydrogen-bond donors (Lipinski definition) is 2. The first kappa shape index (κ1) is 12.2. The Kier molecular flexibility index (Phi) is 3.64. The van der Waals surface area contributed by atoms with E-state index in [0.717, 1.165) is 6.07 Å². The molecule has 0 bridgehead atoms. The average Bonchev–Trinajstić information content (AvgIpc) is 2.17. The lowest BCUT2D eigenvalue weighted by atomic mass is 10.2. The largest absolute Gasteiger partial charge is 0.573 e. The molecule has 6 heteroatoms. The van der Waals surface area contributed by atoms with Crippen molar-refractivity contribution in [2.24, 2.45) is 5.73 Å². The number of alkyl halides is 3. The molecule has 86 valence electrons. The molecule has 0 aliphatic carbocycles. The van der Waals surface area contributed by atoms with E-state index in [-0.39, 0.29) is 12.2 Å². The minimum atomic E-state index is -4.75. The van der Waals surface area contributed by atoms with Crippen LogP contribution < -0.4 is 16.2 Å². The highest BCUT2D eigenvalue weighted by molar-refractivity contribution is 5.57. The van der Waals surface area contributed by atoms with Crippen molar-refractivity contribution in [2.75, 3.05) is 12.3 Å². The Morgan fingerprint density at radius 3 is 2.50 bits per heavy atom. The van der Waals surface area contributed by atoms with Crippen LogP contribution in [-0.4, -0.2) is 12.9 Å². The summed E-state index contributed by atoms with van der Waals surface area (Å²) in [6.07, 6.45) is -4.75.